The minimum absolute atomic E-state index is 0.330. The highest BCUT2D eigenvalue weighted by molar-refractivity contribution is 8.03. The fraction of sp³-hybridized carbons (Fsp3) is 0.184. The van der Waals surface area contributed by atoms with Crippen molar-refractivity contribution < 1.29 is 0 Å². The van der Waals surface area contributed by atoms with Crippen molar-refractivity contribution >= 4 is 28.7 Å². The fourth-order valence-corrected chi connectivity index (χ4v) is 11.4. The fourth-order valence-electron chi connectivity index (χ4n) is 10.1. The van der Waals surface area contributed by atoms with Crippen LogP contribution in [0.15, 0.2) is 166 Å². The first-order valence-electron chi connectivity index (χ1n) is 18.8. The molecule has 5 aromatic rings. The molecule has 0 bridgehead atoms. The minimum atomic E-state index is -0.340. The Labute approximate surface area is 304 Å². The zero-order chi connectivity index (χ0) is 33.5. The Kier molecular flexibility index (Phi) is 6.68. The van der Waals surface area contributed by atoms with E-state index in [1.807, 2.05) is 11.8 Å². The number of allylic oxidation sites excluding steroid dienone is 13. The first kappa shape index (κ1) is 29.7. The number of para-hydroxylation sites is 1. The normalized spacial score (nSPS) is 22.4. The van der Waals surface area contributed by atoms with Crippen molar-refractivity contribution in [3.05, 3.63) is 189 Å². The largest absolute Gasteiger partial charge is 0.336 e. The molecule has 2 heterocycles. The van der Waals surface area contributed by atoms with E-state index in [1.165, 1.54) is 87.6 Å². The van der Waals surface area contributed by atoms with E-state index in [4.69, 9.17) is 0 Å². The summed E-state index contributed by atoms with van der Waals surface area (Å²) in [4.78, 5) is 2.93. The number of nitrogens with zero attached hydrogens (tertiary/aromatic N) is 1. The second kappa shape index (κ2) is 11.5. The molecule has 51 heavy (non-hydrogen) atoms. The third-order valence-corrected chi connectivity index (χ3v) is 13.5. The average molecular weight is 674 g/mol. The summed E-state index contributed by atoms with van der Waals surface area (Å²) in [5.74, 6) is 0. The molecule has 5 aliphatic carbocycles. The predicted octanol–water partition coefficient (Wildman–Crippen LogP) is 13.0. The maximum atomic E-state index is 2.68. The van der Waals surface area contributed by atoms with Crippen LogP contribution in [-0.2, 0) is 11.8 Å². The van der Waals surface area contributed by atoms with Crippen molar-refractivity contribution in [3.8, 4) is 22.3 Å². The standard InChI is InChI=1S/C49H39NS/c1-3-14-32(15-4-1)33-27-29-47-44(31-33)49(43-23-10-12-25-46(43)51-47)41-22-9-7-18-37(41)40-30-34(26-28-42(40)49)36-20-13-21-39-38-19-8-11-24-45(38)50(48(36)39)35-16-5-2-6-17-35/h1-3,5-10,12-14,16,18-23,25-26,28,30-31,35H,4,11,15,17,24,27,29H2. The second-order valence-corrected chi connectivity index (χ2v) is 15.9. The summed E-state index contributed by atoms with van der Waals surface area (Å²) in [5.41, 5.74) is 18.1. The van der Waals surface area contributed by atoms with Crippen molar-refractivity contribution in [1.29, 1.82) is 0 Å². The summed E-state index contributed by atoms with van der Waals surface area (Å²) in [5, 5.41) is 1.37. The Bertz CT molecular complexity index is 2540. The third-order valence-electron chi connectivity index (χ3n) is 12.2. The lowest BCUT2D eigenvalue weighted by Gasteiger charge is -2.42. The molecule has 0 saturated carbocycles. The van der Waals surface area contributed by atoms with Crippen LogP contribution in [0.2, 0.25) is 0 Å². The molecule has 0 N–H and O–H groups in total. The highest BCUT2D eigenvalue weighted by Crippen LogP contribution is 2.64. The maximum Gasteiger partial charge on any atom is 0.0732 e. The number of rotatable bonds is 3. The lowest BCUT2D eigenvalue weighted by atomic mass is 9.65. The van der Waals surface area contributed by atoms with Gasteiger partial charge in [0.25, 0.3) is 0 Å². The number of hydrogen-bond acceptors (Lipinski definition) is 1. The minimum Gasteiger partial charge on any atom is -0.336 e. The van der Waals surface area contributed by atoms with E-state index < -0.39 is 0 Å². The summed E-state index contributed by atoms with van der Waals surface area (Å²) >= 11 is 2.01. The van der Waals surface area contributed by atoms with Crippen LogP contribution >= 0.6 is 11.8 Å². The van der Waals surface area contributed by atoms with Gasteiger partial charge in [-0.05, 0) is 112 Å². The van der Waals surface area contributed by atoms with Gasteiger partial charge < -0.3 is 4.57 Å². The zero-order valence-electron chi connectivity index (χ0n) is 28.7. The summed E-state index contributed by atoms with van der Waals surface area (Å²) in [6, 6.07) is 33.3. The smallest absolute Gasteiger partial charge is 0.0732 e. The molecule has 1 aliphatic heterocycles. The van der Waals surface area contributed by atoms with Crippen LogP contribution < -0.4 is 0 Å². The molecule has 2 atom stereocenters. The van der Waals surface area contributed by atoms with Crippen LogP contribution in [0.1, 0.15) is 72.5 Å². The van der Waals surface area contributed by atoms with Gasteiger partial charge in [0.2, 0.25) is 0 Å². The van der Waals surface area contributed by atoms with Crippen LogP contribution in [-0.4, -0.2) is 4.57 Å². The molecule has 4 aromatic carbocycles. The van der Waals surface area contributed by atoms with Crippen molar-refractivity contribution in [2.24, 2.45) is 0 Å². The van der Waals surface area contributed by atoms with Gasteiger partial charge in [-0.1, -0.05) is 145 Å². The van der Waals surface area contributed by atoms with Gasteiger partial charge in [-0.15, -0.1) is 0 Å². The second-order valence-electron chi connectivity index (χ2n) is 14.8. The van der Waals surface area contributed by atoms with E-state index in [9.17, 15) is 0 Å². The molecular weight excluding hydrogens is 635 g/mol. The molecule has 1 spiro atoms. The van der Waals surface area contributed by atoms with E-state index in [-0.39, 0.29) is 5.41 Å². The average Bonchev–Trinajstić information content (AvgIpc) is 3.69. The van der Waals surface area contributed by atoms with Crippen LogP contribution in [0.5, 0.6) is 0 Å². The number of hydrogen-bond donors (Lipinski definition) is 0. The molecular formula is C49H39NS. The molecule has 246 valence electrons. The molecule has 0 amide bonds. The maximum absolute atomic E-state index is 2.68. The number of benzene rings is 4. The van der Waals surface area contributed by atoms with Crippen LogP contribution in [0.4, 0.5) is 0 Å². The molecule has 2 unspecified atom stereocenters. The van der Waals surface area contributed by atoms with Gasteiger partial charge in [-0.3, -0.25) is 0 Å². The lowest BCUT2D eigenvalue weighted by Crippen LogP contribution is -2.33. The van der Waals surface area contributed by atoms with Crippen molar-refractivity contribution in [2.75, 3.05) is 0 Å². The summed E-state index contributed by atoms with van der Waals surface area (Å²) in [6.45, 7) is 0. The van der Waals surface area contributed by atoms with Gasteiger partial charge in [-0.25, -0.2) is 0 Å². The van der Waals surface area contributed by atoms with E-state index in [1.54, 1.807) is 0 Å². The summed E-state index contributed by atoms with van der Waals surface area (Å²) in [6.07, 6.45) is 31.1. The topological polar surface area (TPSA) is 4.93 Å². The molecule has 0 radical (unpaired) electrons. The van der Waals surface area contributed by atoms with Crippen LogP contribution in [0.3, 0.4) is 0 Å². The highest BCUT2D eigenvalue weighted by Gasteiger charge is 2.51. The molecule has 0 fully saturated rings. The number of thioether (sulfide) groups is 1. The van der Waals surface area contributed by atoms with E-state index in [0.717, 1.165) is 44.9 Å². The third kappa shape index (κ3) is 4.23. The van der Waals surface area contributed by atoms with Gasteiger partial charge in [0.15, 0.2) is 0 Å². The highest BCUT2D eigenvalue weighted by atomic mass is 32.2. The van der Waals surface area contributed by atoms with Crippen molar-refractivity contribution in [1.82, 2.24) is 4.57 Å². The Morgan fingerprint density at radius 2 is 1.53 bits per heavy atom. The van der Waals surface area contributed by atoms with Gasteiger partial charge in [0.1, 0.15) is 0 Å². The Morgan fingerprint density at radius 1 is 0.667 bits per heavy atom. The molecule has 0 saturated heterocycles. The van der Waals surface area contributed by atoms with Gasteiger partial charge in [0.05, 0.1) is 17.0 Å². The lowest BCUT2D eigenvalue weighted by molar-refractivity contribution is 0.599. The van der Waals surface area contributed by atoms with Gasteiger partial charge >= 0.3 is 0 Å². The van der Waals surface area contributed by atoms with Gasteiger partial charge in [-0.2, -0.15) is 0 Å². The molecule has 1 nitrogen and oxygen atoms in total. The Balaban J connectivity index is 1.16. The van der Waals surface area contributed by atoms with E-state index in [0.29, 0.717) is 6.04 Å². The number of fused-ring (bicyclic) bond motifs is 11. The SMILES string of the molecule is C1=CCCC(C2=CC3=C(CC2)Sc2ccccc2C32c3ccccc3-c3cc(-c4cccc5c6c(n(C7C=CC=CC7)c45)CCC=C6)ccc32)=C1. The molecule has 1 aromatic heterocycles. The molecule has 2 heteroatoms. The van der Waals surface area contributed by atoms with Crippen LogP contribution in [0, 0.1) is 0 Å². The number of aromatic nitrogens is 1. The predicted molar refractivity (Wildman–Crippen MR) is 215 cm³/mol. The first-order valence-corrected chi connectivity index (χ1v) is 19.6. The zero-order valence-corrected chi connectivity index (χ0v) is 29.6. The summed E-state index contributed by atoms with van der Waals surface area (Å²) < 4.78 is 2.68. The quantitative estimate of drug-likeness (QED) is 0.185. The van der Waals surface area contributed by atoms with E-state index in [2.05, 4.69) is 150 Å². The Hall–Kier alpha value is -5.05. The van der Waals surface area contributed by atoms with E-state index >= 15 is 0 Å². The van der Waals surface area contributed by atoms with Crippen LogP contribution in [0.25, 0.3) is 39.2 Å². The molecule has 11 rings (SSSR count). The monoisotopic (exact) mass is 673 g/mol. The van der Waals surface area contributed by atoms with Crippen molar-refractivity contribution in [3.63, 3.8) is 0 Å². The Morgan fingerprint density at radius 3 is 2.43 bits per heavy atom. The van der Waals surface area contributed by atoms with Gasteiger partial charge in [0, 0.05) is 27.1 Å². The summed E-state index contributed by atoms with van der Waals surface area (Å²) in [7, 11) is 0. The molecule has 6 aliphatic rings. The van der Waals surface area contributed by atoms with Crippen molar-refractivity contribution in [2.45, 2.75) is 61.3 Å². The first-order chi connectivity index (χ1) is 25.3.